The predicted molar refractivity (Wildman–Crippen MR) is 69.7 cm³/mol. The maximum atomic E-state index is 8.95. The van der Waals surface area contributed by atoms with Crippen molar-refractivity contribution in [2.45, 2.75) is 6.42 Å². The Hall–Kier alpha value is -1.85. The molecule has 92 valence electrons. The number of rotatable bonds is 5. The van der Waals surface area contributed by atoms with Crippen LogP contribution in [0.1, 0.15) is 5.69 Å². The van der Waals surface area contributed by atoms with Gasteiger partial charge in [0.25, 0.3) is 0 Å². The molecule has 1 aromatic carbocycles. The molecule has 18 heavy (non-hydrogen) atoms. The van der Waals surface area contributed by atoms with Crippen LogP contribution in [0.4, 0.5) is 0 Å². The molecule has 0 atom stereocenters. The number of benzene rings is 1. The van der Waals surface area contributed by atoms with Gasteiger partial charge in [-0.15, -0.1) is 0 Å². The van der Waals surface area contributed by atoms with Gasteiger partial charge in [0.1, 0.15) is 5.75 Å². The average Bonchev–Trinajstić information content (AvgIpc) is 2.40. The van der Waals surface area contributed by atoms with Gasteiger partial charge in [-0.1, -0.05) is 18.2 Å². The van der Waals surface area contributed by atoms with Crippen molar-refractivity contribution in [3.63, 3.8) is 0 Å². The van der Waals surface area contributed by atoms with Crippen LogP contribution in [-0.2, 0) is 6.42 Å². The van der Waals surface area contributed by atoms with Gasteiger partial charge in [0.05, 0.1) is 6.61 Å². The van der Waals surface area contributed by atoms with Crippen molar-refractivity contribution in [1.29, 1.82) is 0 Å². The lowest BCUT2D eigenvalue weighted by Gasteiger charge is -2.06. The van der Waals surface area contributed by atoms with Gasteiger partial charge in [-0.2, -0.15) is 0 Å². The van der Waals surface area contributed by atoms with E-state index in [2.05, 4.69) is 4.98 Å². The van der Waals surface area contributed by atoms with Crippen molar-refractivity contribution in [2.24, 2.45) is 0 Å². The van der Waals surface area contributed by atoms with Gasteiger partial charge in [0.15, 0.2) is 0 Å². The Labute approximate surface area is 106 Å². The molecule has 0 aliphatic rings. The summed E-state index contributed by atoms with van der Waals surface area (Å²) in [6.45, 7) is 0.540. The minimum absolute atomic E-state index is 0.451. The number of hydrogen-bond donors (Lipinski definition) is 2. The average molecular weight is 243 g/mol. The molecule has 0 amide bonds. The summed E-state index contributed by atoms with van der Waals surface area (Å²) in [5.74, 6) is 0.704. The third-order valence-electron chi connectivity index (χ3n) is 2.53. The number of aromatic nitrogens is 1. The fraction of sp³-hybridized carbons (Fsp3) is 0.154. The van der Waals surface area contributed by atoms with Crippen LogP contribution in [0.3, 0.4) is 0 Å². The summed E-state index contributed by atoms with van der Waals surface area (Å²) in [5.41, 5.74) is 1.44. The van der Waals surface area contributed by atoms with Crippen LogP contribution in [-0.4, -0.2) is 28.8 Å². The summed E-state index contributed by atoms with van der Waals surface area (Å²) in [6, 6.07) is 12.5. The first kappa shape index (κ1) is 12.6. The molecule has 0 unspecified atom stereocenters. The molecule has 4 nitrogen and oxygen atoms in total. The van der Waals surface area contributed by atoms with Crippen molar-refractivity contribution in [2.75, 3.05) is 6.61 Å². The summed E-state index contributed by atoms with van der Waals surface area (Å²) in [7, 11) is -1.44. The Morgan fingerprint density at radius 1 is 1.06 bits per heavy atom. The van der Waals surface area contributed by atoms with Crippen molar-refractivity contribution in [3.05, 3.63) is 54.4 Å². The highest BCUT2D eigenvalue weighted by Gasteiger charge is 2.09. The molecule has 2 rings (SSSR count). The quantitative estimate of drug-likeness (QED) is 0.745. The molecule has 1 heterocycles. The Morgan fingerprint density at radius 2 is 1.83 bits per heavy atom. The molecular formula is C13H14BNO3. The lowest BCUT2D eigenvalue weighted by molar-refractivity contribution is 0.320. The number of hydrogen-bond acceptors (Lipinski definition) is 4. The van der Waals surface area contributed by atoms with Gasteiger partial charge in [-0.3, -0.25) is 4.98 Å². The summed E-state index contributed by atoms with van der Waals surface area (Å²) < 4.78 is 5.54. The van der Waals surface area contributed by atoms with Crippen LogP contribution in [0.15, 0.2) is 48.7 Å². The first-order valence-corrected chi connectivity index (χ1v) is 5.74. The molecule has 0 fully saturated rings. The van der Waals surface area contributed by atoms with Crippen LogP contribution in [0.2, 0.25) is 0 Å². The van der Waals surface area contributed by atoms with E-state index in [1.807, 2.05) is 18.2 Å². The molecule has 0 saturated heterocycles. The van der Waals surface area contributed by atoms with Crippen LogP contribution in [0.5, 0.6) is 5.75 Å². The van der Waals surface area contributed by atoms with E-state index in [1.165, 1.54) is 0 Å². The minimum atomic E-state index is -1.44. The monoisotopic (exact) mass is 243 g/mol. The summed E-state index contributed by atoms with van der Waals surface area (Å²) in [6.07, 6.45) is 2.50. The Kier molecular flexibility index (Phi) is 4.33. The van der Waals surface area contributed by atoms with E-state index < -0.39 is 7.12 Å². The summed E-state index contributed by atoms with van der Waals surface area (Å²) >= 11 is 0. The second kappa shape index (κ2) is 6.19. The second-order valence-corrected chi connectivity index (χ2v) is 3.86. The molecule has 0 aliphatic heterocycles. The summed E-state index contributed by atoms with van der Waals surface area (Å²) in [5, 5.41) is 17.9. The first-order valence-electron chi connectivity index (χ1n) is 5.74. The molecule has 0 aliphatic carbocycles. The number of pyridine rings is 1. The van der Waals surface area contributed by atoms with Gasteiger partial charge in [-0.05, 0) is 29.7 Å². The molecule has 0 bridgehead atoms. The fourth-order valence-corrected chi connectivity index (χ4v) is 1.56. The largest absolute Gasteiger partial charge is 0.493 e. The van der Waals surface area contributed by atoms with Gasteiger partial charge in [0, 0.05) is 18.3 Å². The number of nitrogens with zero attached hydrogens (tertiary/aromatic N) is 1. The third kappa shape index (κ3) is 3.58. The molecule has 2 N–H and O–H groups in total. The van der Waals surface area contributed by atoms with Gasteiger partial charge >= 0.3 is 7.12 Å². The van der Waals surface area contributed by atoms with Gasteiger partial charge in [0.2, 0.25) is 0 Å². The van der Waals surface area contributed by atoms with E-state index in [9.17, 15) is 0 Å². The number of ether oxygens (including phenoxy) is 1. The van der Waals surface area contributed by atoms with E-state index in [0.29, 0.717) is 17.8 Å². The Bertz CT molecular complexity index is 473. The highest BCUT2D eigenvalue weighted by molar-refractivity contribution is 6.58. The molecule has 2 aromatic rings. The van der Waals surface area contributed by atoms with Crippen LogP contribution in [0, 0.1) is 0 Å². The Balaban J connectivity index is 1.83. The minimum Gasteiger partial charge on any atom is -0.493 e. The van der Waals surface area contributed by atoms with Gasteiger partial charge < -0.3 is 14.8 Å². The van der Waals surface area contributed by atoms with E-state index in [1.54, 1.807) is 30.5 Å². The van der Waals surface area contributed by atoms with Crippen LogP contribution < -0.4 is 10.2 Å². The summed E-state index contributed by atoms with van der Waals surface area (Å²) in [4.78, 5) is 4.20. The van der Waals surface area contributed by atoms with Gasteiger partial charge in [-0.25, -0.2) is 0 Å². The maximum Gasteiger partial charge on any atom is 0.488 e. The topological polar surface area (TPSA) is 62.6 Å². The highest BCUT2D eigenvalue weighted by Crippen LogP contribution is 2.08. The van der Waals surface area contributed by atoms with Crippen molar-refractivity contribution in [3.8, 4) is 5.75 Å². The molecule has 1 aromatic heterocycles. The zero-order valence-electron chi connectivity index (χ0n) is 9.86. The van der Waals surface area contributed by atoms with Crippen molar-refractivity contribution < 1.29 is 14.8 Å². The van der Waals surface area contributed by atoms with Crippen LogP contribution in [0.25, 0.3) is 0 Å². The molecular weight excluding hydrogens is 229 g/mol. The zero-order chi connectivity index (χ0) is 12.8. The molecule has 5 heteroatoms. The van der Waals surface area contributed by atoms with Crippen LogP contribution >= 0.6 is 0 Å². The zero-order valence-corrected chi connectivity index (χ0v) is 9.86. The lowest BCUT2D eigenvalue weighted by Crippen LogP contribution is -2.29. The maximum absolute atomic E-state index is 8.95. The highest BCUT2D eigenvalue weighted by atomic mass is 16.5. The molecule has 0 radical (unpaired) electrons. The van der Waals surface area contributed by atoms with E-state index in [-0.39, 0.29) is 0 Å². The SMILES string of the molecule is OB(O)c1ccc(OCCc2ccccn2)cc1. The third-order valence-corrected chi connectivity index (χ3v) is 2.53. The van der Waals surface area contributed by atoms with E-state index >= 15 is 0 Å². The fourth-order valence-electron chi connectivity index (χ4n) is 1.56. The standard InChI is InChI=1S/C13H14BNO3/c16-14(17)11-4-6-13(7-5-11)18-10-8-12-3-1-2-9-15-12/h1-7,9,16-17H,8,10H2. The van der Waals surface area contributed by atoms with E-state index in [4.69, 9.17) is 14.8 Å². The van der Waals surface area contributed by atoms with E-state index in [0.717, 1.165) is 12.1 Å². The predicted octanol–water partition coefficient (Wildman–Crippen LogP) is 0.383. The molecule has 0 saturated carbocycles. The van der Waals surface area contributed by atoms with Crippen molar-refractivity contribution in [1.82, 2.24) is 4.98 Å². The smallest absolute Gasteiger partial charge is 0.488 e. The molecule has 0 spiro atoms. The first-order chi connectivity index (χ1) is 8.75. The second-order valence-electron chi connectivity index (χ2n) is 3.86. The Morgan fingerprint density at radius 3 is 2.44 bits per heavy atom. The normalized spacial score (nSPS) is 10.1. The lowest BCUT2D eigenvalue weighted by atomic mass is 9.80. The van der Waals surface area contributed by atoms with Crippen molar-refractivity contribution >= 4 is 12.6 Å².